The Morgan fingerprint density at radius 1 is 1.05 bits per heavy atom. The Labute approximate surface area is 113 Å². The minimum Gasteiger partial charge on any atom is -0.494 e. The molecule has 0 aliphatic heterocycles. The molecule has 0 fully saturated rings. The predicted molar refractivity (Wildman–Crippen MR) is 67.8 cm³/mol. The first-order valence-corrected chi connectivity index (χ1v) is 5.75. The van der Waals surface area contributed by atoms with Crippen molar-refractivity contribution < 1.29 is 18.3 Å². The normalized spacial score (nSPS) is 10.3. The Balaban J connectivity index is 2.54. The second kappa shape index (κ2) is 5.36. The van der Waals surface area contributed by atoms with Crippen molar-refractivity contribution in [3.05, 3.63) is 64.2 Å². The fourth-order valence-corrected chi connectivity index (χ4v) is 1.84. The average molecular weight is 283 g/mol. The molecule has 0 aliphatic carbocycles. The number of benzene rings is 2. The van der Waals surface area contributed by atoms with Crippen LogP contribution in [-0.2, 0) is 0 Å². The van der Waals surface area contributed by atoms with E-state index in [2.05, 4.69) is 0 Å². The van der Waals surface area contributed by atoms with Crippen LogP contribution in [0, 0.1) is 11.6 Å². The summed E-state index contributed by atoms with van der Waals surface area (Å²) < 4.78 is 32.5. The summed E-state index contributed by atoms with van der Waals surface area (Å²) in [7, 11) is 1.28. The molecule has 0 amide bonds. The van der Waals surface area contributed by atoms with Crippen molar-refractivity contribution in [1.82, 2.24) is 0 Å². The van der Waals surface area contributed by atoms with Crippen molar-refractivity contribution in [1.29, 1.82) is 0 Å². The summed E-state index contributed by atoms with van der Waals surface area (Å²) in [5, 5.41) is -0.186. The maximum atomic E-state index is 13.9. The minimum absolute atomic E-state index is 0.0757. The van der Waals surface area contributed by atoms with Gasteiger partial charge in [0.25, 0.3) is 0 Å². The van der Waals surface area contributed by atoms with E-state index in [4.69, 9.17) is 16.3 Å². The monoisotopic (exact) mass is 282 g/mol. The quantitative estimate of drug-likeness (QED) is 0.799. The van der Waals surface area contributed by atoms with Gasteiger partial charge in [-0.15, -0.1) is 0 Å². The van der Waals surface area contributed by atoms with Crippen molar-refractivity contribution >= 4 is 17.4 Å². The van der Waals surface area contributed by atoms with Crippen LogP contribution in [0.3, 0.4) is 0 Å². The van der Waals surface area contributed by atoms with Crippen LogP contribution < -0.4 is 4.74 Å². The molecule has 0 saturated heterocycles. The van der Waals surface area contributed by atoms with Gasteiger partial charge in [-0.1, -0.05) is 23.7 Å². The molecule has 2 aromatic carbocycles. The molecule has 2 aromatic rings. The van der Waals surface area contributed by atoms with E-state index in [1.54, 1.807) is 0 Å². The standard InChI is InChI=1S/C14H9ClF2O2/c1-19-11-7-3-5-9(13(11)17)14(18)8-4-2-6-10(15)12(8)16/h2-7H,1H3. The van der Waals surface area contributed by atoms with Gasteiger partial charge in [-0.05, 0) is 24.3 Å². The summed E-state index contributed by atoms with van der Waals surface area (Å²) in [5.41, 5.74) is -0.542. The number of carbonyl (C=O) groups is 1. The molecule has 0 heterocycles. The highest BCUT2D eigenvalue weighted by Gasteiger charge is 2.20. The summed E-state index contributed by atoms with van der Waals surface area (Å²) >= 11 is 5.60. The maximum absolute atomic E-state index is 13.9. The lowest BCUT2D eigenvalue weighted by Gasteiger charge is -2.07. The first-order chi connectivity index (χ1) is 9.06. The smallest absolute Gasteiger partial charge is 0.199 e. The first-order valence-electron chi connectivity index (χ1n) is 5.37. The Morgan fingerprint density at radius 2 is 1.63 bits per heavy atom. The van der Waals surface area contributed by atoms with Gasteiger partial charge in [-0.2, -0.15) is 0 Å². The van der Waals surface area contributed by atoms with Crippen LogP contribution in [0.1, 0.15) is 15.9 Å². The van der Waals surface area contributed by atoms with Gasteiger partial charge >= 0.3 is 0 Å². The Hall–Kier alpha value is -1.94. The number of rotatable bonds is 3. The van der Waals surface area contributed by atoms with E-state index in [0.717, 1.165) is 0 Å². The second-order valence-electron chi connectivity index (χ2n) is 3.75. The van der Waals surface area contributed by atoms with Crippen LogP contribution in [0.2, 0.25) is 5.02 Å². The predicted octanol–water partition coefficient (Wildman–Crippen LogP) is 3.86. The molecule has 0 radical (unpaired) electrons. The van der Waals surface area contributed by atoms with E-state index >= 15 is 0 Å². The number of ketones is 1. The van der Waals surface area contributed by atoms with Gasteiger partial charge in [-0.3, -0.25) is 4.79 Å². The third kappa shape index (κ3) is 2.44. The van der Waals surface area contributed by atoms with Crippen molar-refractivity contribution in [3.63, 3.8) is 0 Å². The van der Waals surface area contributed by atoms with Crippen LogP contribution >= 0.6 is 11.6 Å². The third-order valence-corrected chi connectivity index (χ3v) is 2.92. The number of halogens is 3. The third-order valence-electron chi connectivity index (χ3n) is 2.62. The molecule has 0 aliphatic rings. The molecule has 0 bridgehead atoms. The zero-order valence-electron chi connectivity index (χ0n) is 9.91. The van der Waals surface area contributed by atoms with E-state index in [1.165, 1.54) is 43.5 Å². The molecule has 0 saturated carbocycles. The van der Waals surface area contributed by atoms with Crippen molar-refractivity contribution in [2.75, 3.05) is 7.11 Å². The highest BCUT2D eigenvalue weighted by Crippen LogP contribution is 2.25. The molecular formula is C14H9ClF2O2. The number of hydrogen-bond acceptors (Lipinski definition) is 2. The van der Waals surface area contributed by atoms with E-state index in [-0.39, 0.29) is 21.9 Å². The molecule has 2 nitrogen and oxygen atoms in total. The lowest BCUT2D eigenvalue weighted by atomic mass is 10.0. The van der Waals surface area contributed by atoms with Gasteiger partial charge in [0.15, 0.2) is 23.2 Å². The van der Waals surface area contributed by atoms with Gasteiger partial charge in [-0.25, -0.2) is 8.78 Å². The highest BCUT2D eigenvalue weighted by molar-refractivity contribution is 6.31. The van der Waals surface area contributed by atoms with Crippen molar-refractivity contribution in [2.24, 2.45) is 0 Å². The minimum atomic E-state index is -0.864. The summed E-state index contributed by atoms with van der Waals surface area (Å²) in [6, 6.07) is 8.09. The molecular weight excluding hydrogens is 274 g/mol. The Morgan fingerprint density at radius 3 is 2.26 bits per heavy atom. The van der Waals surface area contributed by atoms with Crippen LogP contribution in [0.15, 0.2) is 36.4 Å². The second-order valence-corrected chi connectivity index (χ2v) is 4.16. The van der Waals surface area contributed by atoms with E-state index in [1.807, 2.05) is 0 Å². The molecule has 19 heavy (non-hydrogen) atoms. The maximum Gasteiger partial charge on any atom is 0.199 e. The molecule has 2 rings (SSSR count). The molecule has 0 atom stereocenters. The highest BCUT2D eigenvalue weighted by atomic mass is 35.5. The number of methoxy groups -OCH3 is 1. The Bertz CT molecular complexity index is 641. The summed E-state index contributed by atoms with van der Waals surface area (Å²) in [6.45, 7) is 0. The van der Waals surface area contributed by atoms with Gasteiger partial charge < -0.3 is 4.74 Å². The van der Waals surface area contributed by atoms with Crippen LogP contribution in [0.4, 0.5) is 8.78 Å². The van der Waals surface area contributed by atoms with Crippen LogP contribution in [0.25, 0.3) is 0 Å². The summed E-state index contributed by atoms with van der Waals surface area (Å²) in [6.07, 6.45) is 0. The lowest BCUT2D eigenvalue weighted by Crippen LogP contribution is -2.08. The van der Waals surface area contributed by atoms with Crippen LogP contribution in [-0.4, -0.2) is 12.9 Å². The number of ether oxygens (including phenoxy) is 1. The fourth-order valence-electron chi connectivity index (χ4n) is 1.67. The van der Waals surface area contributed by atoms with Gasteiger partial charge in [0.05, 0.1) is 23.3 Å². The SMILES string of the molecule is COc1cccc(C(=O)c2cccc(Cl)c2F)c1F. The zero-order valence-corrected chi connectivity index (χ0v) is 10.7. The fraction of sp³-hybridized carbons (Fsp3) is 0.0714. The number of carbonyl (C=O) groups excluding carboxylic acids is 1. The lowest BCUT2D eigenvalue weighted by molar-refractivity contribution is 0.103. The Kier molecular flexibility index (Phi) is 3.81. The molecule has 98 valence electrons. The molecule has 0 N–H and O–H groups in total. The molecule has 0 aromatic heterocycles. The van der Waals surface area contributed by atoms with Gasteiger partial charge in [0.2, 0.25) is 0 Å². The van der Waals surface area contributed by atoms with Crippen LogP contribution in [0.5, 0.6) is 5.75 Å². The zero-order chi connectivity index (χ0) is 14.0. The van der Waals surface area contributed by atoms with Crippen molar-refractivity contribution in [3.8, 4) is 5.75 Å². The molecule has 5 heteroatoms. The largest absolute Gasteiger partial charge is 0.494 e. The number of hydrogen-bond donors (Lipinski definition) is 0. The van der Waals surface area contributed by atoms with E-state index < -0.39 is 17.4 Å². The van der Waals surface area contributed by atoms with Crippen molar-refractivity contribution in [2.45, 2.75) is 0 Å². The van der Waals surface area contributed by atoms with Gasteiger partial charge in [0, 0.05) is 0 Å². The van der Waals surface area contributed by atoms with Gasteiger partial charge in [0.1, 0.15) is 0 Å². The topological polar surface area (TPSA) is 26.3 Å². The molecule has 0 unspecified atom stereocenters. The van der Waals surface area contributed by atoms with E-state index in [9.17, 15) is 13.6 Å². The summed E-state index contributed by atoms with van der Waals surface area (Å²) in [5.74, 6) is -2.55. The average Bonchev–Trinajstić information content (AvgIpc) is 2.41. The molecule has 0 spiro atoms. The first kappa shape index (κ1) is 13.5. The van der Waals surface area contributed by atoms with E-state index in [0.29, 0.717) is 0 Å². The summed E-state index contributed by atoms with van der Waals surface area (Å²) in [4.78, 5) is 12.1.